The average Bonchev–Trinajstić information content (AvgIpc) is 2.84. The Hall–Kier alpha value is -2.38. The molecule has 0 aliphatic heterocycles. The van der Waals surface area contributed by atoms with Gasteiger partial charge in [-0.15, -0.1) is 0 Å². The Balaban J connectivity index is 0.000000174. The molecule has 0 spiro atoms. The topological polar surface area (TPSA) is 94.5 Å². The van der Waals surface area contributed by atoms with E-state index in [-0.39, 0.29) is 10.6 Å². The molecule has 2 aromatic carbocycles. The van der Waals surface area contributed by atoms with Crippen LogP contribution in [0.5, 0.6) is 5.75 Å². The van der Waals surface area contributed by atoms with Crippen LogP contribution in [-0.4, -0.2) is 18.1 Å². The van der Waals surface area contributed by atoms with Gasteiger partial charge in [-0.25, -0.2) is 8.42 Å². The van der Waals surface area contributed by atoms with E-state index in [4.69, 9.17) is 9.52 Å². The molecule has 0 bridgehead atoms. The summed E-state index contributed by atoms with van der Waals surface area (Å²) in [7, 11) is -4.47. The van der Waals surface area contributed by atoms with E-state index in [2.05, 4.69) is 17.6 Å². The molecule has 0 saturated heterocycles. The van der Waals surface area contributed by atoms with E-state index in [0.717, 1.165) is 24.1 Å². The van der Waals surface area contributed by atoms with Crippen molar-refractivity contribution in [2.24, 2.45) is 0 Å². The molecule has 24 heavy (non-hydrogen) atoms. The van der Waals surface area contributed by atoms with Gasteiger partial charge in [0, 0.05) is 6.07 Å². The zero-order valence-corrected chi connectivity index (χ0v) is 14.5. The molecule has 1 N–H and O–H groups in total. The minimum atomic E-state index is -4.47. The van der Waals surface area contributed by atoms with Crippen LogP contribution >= 0.6 is 0 Å². The number of hydrogen-bond acceptors (Lipinski definition) is 5. The number of phenols is 1. The molecule has 128 valence electrons. The third-order valence-corrected chi connectivity index (χ3v) is 4.53. The lowest BCUT2D eigenvalue weighted by molar-refractivity contribution is -0.679. The molecule has 0 atom stereocenters. The highest BCUT2D eigenvalue weighted by atomic mass is 32.2. The number of aromatic nitrogens is 1. The van der Waals surface area contributed by atoms with Gasteiger partial charge in [-0.3, -0.25) is 0 Å². The van der Waals surface area contributed by atoms with Gasteiger partial charge in [0.05, 0.1) is 11.8 Å². The van der Waals surface area contributed by atoms with Crippen molar-refractivity contribution in [3.63, 3.8) is 0 Å². The Morgan fingerprint density at radius 3 is 2.42 bits per heavy atom. The summed E-state index contributed by atoms with van der Waals surface area (Å²) in [6.45, 7) is 6.56. The maximum atomic E-state index is 10.5. The smallest absolute Gasteiger partial charge is 0.344 e. The molecule has 1 heterocycles. The summed E-state index contributed by atoms with van der Waals surface area (Å²) in [5.41, 5.74) is 2.48. The Morgan fingerprint density at radius 2 is 1.83 bits per heavy atom. The summed E-state index contributed by atoms with van der Waals surface area (Å²) >= 11 is 0. The fraction of sp³-hybridized carbons (Fsp3) is 0.235. The van der Waals surface area contributed by atoms with E-state index in [1.807, 2.05) is 25.1 Å². The van der Waals surface area contributed by atoms with Gasteiger partial charge in [-0.1, -0.05) is 18.2 Å². The molecule has 0 saturated carbocycles. The highest BCUT2D eigenvalue weighted by Gasteiger charge is 2.15. The number of oxazole rings is 1. The van der Waals surface area contributed by atoms with E-state index >= 15 is 0 Å². The second kappa shape index (κ2) is 7.02. The first kappa shape index (κ1) is 18.0. The van der Waals surface area contributed by atoms with Crippen LogP contribution in [0.15, 0.2) is 51.8 Å². The SMILES string of the molecule is CC[n+]1c(C)oc2ccccc21.Cc1ccc(O)cc1S(=O)(=O)[O-]. The predicted octanol–water partition coefficient (Wildman–Crippen LogP) is 2.65. The zero-order valence-electron chi connectivity index (χ0n) is 13.7. The number of nitrogens with zero attached hydrogens (tertiary/aromatic N) is 1. The number of aromatic hydroxyl groups is 1. The van der Waals surface area contributed by atoms with Gasteiger partial charge < -0.3 is 14.1 Å². The molecular formula is C17H19NO5S. The molecule has 0 fully saturated rings. The minimum Gasteiger partial charge on any atom is -0.744 e. The predicted molar refractivity (Wildman–Crippen MR) is 87.6 cm³/mol. The Kier molecular flexibility index (Phi) is 5.26. The number of benzene rings is 2. The lowest BCUT2D eigenvalue weighted by atomic mass is 10.2. The van der Waals surface area contributed by atoms with Crippen molar-refractivity contribution in [3.05, 3.63) is 53.9 Å². The number of hydrogen-bond donors (Lipinski definition) is 1. The van der Waals surface area contributed by atoms with Crippen LogP contribution in [0.2, 0.25) is 0 Å². The van der Waals surface area contributed by atoms with Crippen LogP contribution in [0.4, 0.5) is 0 Å². The maximum Gasteiger partial charge on any atom is 0.344 e. The van der Waals surface area contributed by atoms with Crippen LogP contribution in [-0.2, 0) is 16.7 Å². The second-order valence-electron chi connectivity index (χ2n) is 5.24. The monoisotopic (exact) mass is 349 g/mol. The molecular weight excluding hydrogens is 330 g/mol. The fourth-order valence-electron chi connectivity index (χ4n) is 2.40. The van der Waals surface area contributed by atoms with Crippen LogP contribution in [0, 0.1) is 13.8 Å². The Morgan fingerprint density at radius 1 is 1.17 bits per heavy atom. The van der Waals surface area contributed by atoms with Crippen molar-refractivity contribution in [1.82, 2.24) is 0 Å². The molecule has 7 heteroatoms. The van der Waals surface area contributed by atoms with Gasteiger partial charge in [0.2, 0.25) is 5.58 Å². The molecule has 3 rings (SSSR count). The molecule has 0 aliphatic rings. The van der Waals surface area contributed by atoms with Crippen LogP contribution < -0.4 is 4.57 Å². The first-order valence-electron chi connectivity index (χ1n) is 7.37. The van der Waals surface area contributed by atoms with Crippen LogP contribution in [0.3, 0.4) is 0 Å². The third kappa shape index (κ3) is 3.93. The highest BCUT2D eigenvalue weighted by molar-refractivity contribution is 7.85. The summed E-state index contributed by atoms with van der Waals surface area (Å²) in [5.74, 6) is 0.744. The van der Waals surface area contributed by atoms with E-state index in [0.29, 0.717) is 5.56 Å². The summed E-state index contributed by atoms with van der Waals surface area (Å²) in [6.07, 6.45) is 0. The lowest BCUT2D eigenvalue weighted by Gasteiger charge is -2.09. The van der Waals surface area contributed by atoms with Crippen molar-refractivity contribution in [2.45, 2.75) is 32.2 Å². The van der Waals surface area contributed by atoms with Crippen molar-refractivity contribution < 1.29 is 27.1 Å². The number of para-hydroxylation sites is 2. The minimum absolute atomic E-state index is 0.227. The van der Waals surface area contributed by atoms with Crippen LogP contribution in [0.25, 0.3) is 11.1 Å². The number of aryl methyl sites for hydroxylation is 3. The number of rotatable bonds is 2. The van der Waals surface area contributed by atoms with Gasteiger partial charge >= 0.3 is 5.89 Å². The zero-order chi connectivity index (χ0) is 17.9. The summed E-state index contributed by atoms with van der Waals surface area (Å²) < 4.78 is 39.3. The highest BCUT2D eigenvalue weighted by Crippen LogP contribution is 2.19. The second-order valence-corrected chi connectivity index (χ2v) is 6.59. The maximum absolute atomic E-state index is 10.5. The van der Waals surface area contributed by atoms with Crippen molar-refractivity contribution in [2.75, 3.05) is 0 Å². The van der Waals surface area contributed by atoms with E-state index in [9.17, 15) is 13.0 Å². The normalized spacial score (nSPS) is 11.2. The molecule has 3 aromatic rings. The Labute approximate surface area is 140 Å². The first-order valence-corrected chi connectivity index (χ1v) is 8.78. The van der Waals surface area contributed by atoms with E-state index in [1.165, 1.54) is 24.6 Å². The van der Waals surface area contributed by atoms with Crippen molar-refractivity contribution >= 4 is 21.2 Å². The van der Waals surface area contributed by atoms with E-state index < -0.39 is 10.1 Å². The van der Waals surface area contributed by atoms with Crippen LogP contribution in [0.1, 0.15) is 18.4 Å². The largest absolute Gasteiger partial charge is 0.744 e. The fourth-order valence-corrected chi connectivity index (χ4v) is 3.13. The van der Waals surface area contributed by atoms with Gasteiger partial charge in [-0.05, 0) is 37.6 Å². The Bertz CT molecular complexity index is 960. The number of fused-ring (bicyclic) bond motifs is 1. The summed E-state index contributed by atoms with van der Waals surface area (Å²) in [4.78, 5) is -0.373. The molecule has 6 nitrogen and oxygen atoms in total. The molecule has 0 aliphatic carbocycles. The average molecular weight is 349 g/mol. The third-order valence-electron chi connectivity index (χ3n) is 3.55. The van der Waals surface area contributed by atoms with Gasteiger partial charge in [-0.2, -0.15) is 4.57 Å². The summed E-state index contributed by atoms with van der Waals surface area (Å²) in [5, 5.41) is 8.90. The standard InChI is InChI=1S/C10H12NO.C7H8O4S/c1-3-11-8(2)12-10-7-5-4-6-9(10)11;1-5-2-3-6(8)4-7(5)12(9,10)11/h4-7H,3H2,1-2H3;2-4,8H,1H3,(H,9,10,11)/q+1;/p-1. The lowest BCUT2D eigenvalue weighted by Crippen LogP contribution is -2.33. The van der Waals surface area contributed by atoms with Crippen molar-refractivity contribution in [1.29, 1.82) is 0 Å². The van der Waals surface area contributed by atoms with Gasteiger partial charge in [0.15, 0.2) is 0 Å². The number of phenolic OH excluding ortho intramolecular Hbond substituents is 1. The first-order chi connectivity index (χ1) is 11.2. The van der Waals surface area contributed by atoms with Gasteiger partial charge in [0.25, 0.3) is 5.52 Å². The molecule has 1 aromatic heterocycles. The molecule has 0 radical (unpaired) electrons. The summed E-state index contributed by atoms with van der Waals surface area (Å²) in [6, 6.07) is 11.7. The van der Waals surface area contributed by atoms with Gasteiger partial charge in [0.1, 0.15) is 22.4 Å². The quantitative estimate of drug-likeness (QED) is 0.567. The molecule has 0 unspecified atom stereocenters. The molecule has 0 amide bonds. The van der Waals surface area contributed by atoms with Crippen molar-refractivity contribution in [3.8, 4) is 5.75 Å². The van der Waals surface area contributed by atoms with E-state index in [1.54, 1.807) is 0 Å².